The van der Waals surface area contributed by atoms with Crippen LogP contribution in [-0.2, 0) is 16.0 Å². The van der Waals surface area contributed by atoms with Crippen LogP contribution in [0.1, 0.15) is 37.7 Å². The smallest absolute Gasteiger partial charge is 0.236 e. The largest absolute Gasteiger partial charge is 0.342 e. The van der Waals surface area contributed by atoms with Crippen LogP contribution in [-0.4, -0.2) is 53.0 Å². The molecule has 0 N–H and O–H groups in total. The first-order valence-corrected chi connectivity index (χ1v) is 10.4. The van der Waals surface area contributed by atoms with Crippen molar-refractivity contribution in [3.63, 3.8) is 0 Å². The van der Waals surface area contributed by atoms with Gasteiger partial charge in [-0.2, -0.15) is 0 Å². The molecule has 2 fully saturated rings. The Bertz CT molecular complexity index is 624. The summed E-state index contributed by atoms with van der Waals surface area (Å²) < 4.78 is 0. The zero-order valence-electron chi connectivity index (χ0n) is 14.7. The summed E-state index contributed by atoms with van der Waals surface area (Å²) in [5.74, 6) is 0.704. The average molecular weight is 359 g/mol. The molecule has 0 saturated carbocycles. The highest BCUT2D eigenvalue weighted by molar-refractivity contribution is 8.01. The van der Waals surface area contributed by atoms with E-state index in [1.165, 1.54) is 16.9 Å². The number of hydrogen-bond donors (Lipinski definition) is 0. The third-order valence-corrected chi connectivity index (χ3v) is 7.05. The van der Waals surface area contributed by atoms with E-state index in [-0.39, 0.29) is 17.1 Å². The molecule has 4 rings (SSSR count). The SMILES string of the molecule is O=C(C1CCN(C(=O)C2Cc3ccccc3S2)CC1)N1CCCCC1. The molecule has 3 aliphatic heterocycles. The van der Waals surface area contributed by atoms with Crippen molar-refractivity contribution < 1.29 is 9.59 Å². The normalized spacial score (nSPS) is 24.2. The number of nitrogens with zero attached hydrogens (tertiary/aromatic N) is 2. The van der Waals surface area contributed by atoms with E-state index >= 15 is 0 Å². The first-order valence-electron chi connectivity index (χ1n) is 9.54. The number of amides is 2. The van der Waals surface area contributed by atoms with Crippen LogP contribution in [0.5, 0.6) is 0 Å². The fourth-order valence-electron chi connectivity index (χ4n) is 4.24. The van der Waals surface area contributed by atoms with Crippen LogP contribution in [0.25, 0.3) is 0 Å². The van der Waals surface area contributed by atoms with E-state index in [4.69, 9.17) is 0 Å². The summed E-state index contributed by atoms with van der Waals surface area (Å²) in [6.45, 7) is 3.32. The van der Waals surface area contributed by atoms with Gasteiger partial charge in [0.05, 0.1) is 5.25 Å². The number of carbonyl (C=O) groups excluding carboxylic acids is 2. The second-order valence-corrected chi connectivity index (χ2v) is 8.65. The number of thioether (sulfide) groups is 1. The van der Waals surface area contributed by atoms with Gasteiger partial charge in [-0.25, -0.2) is 0 Å². The summed E-state index contributed by atoms with van der Waals surface area (Å²) >= 11 is 1.70. The van der Waals surface area contributed by atoms with E-state index in [1.807, 2.05) is 17.0 Å². The van der Waals surface area contributed by atoms with Crippen molar-refractivity contribution >= 4 is 23.6 Å². The highest BCUT2D eigenvalue weighted by atomic mass is 32.2. The third kappa shape index (κ3) is 3.57. The molecule has 0 radical (unpaired) electrons. The van der Waals surface area contributed by atoms with Crippen molar-refractivity contribution in [3.8, 4) is 0 Å². The lowest BCUT2D eigenvalue weighted by Crippen LogP contribution is -2.47. The molecule has 134 valence electrons. The summed E-state index contributed by atoms with van der Waals surface area (Å²) in [5, 5.41) is 0.0201. The molecule has 1 aromatic rings. The molecule has 3 heterocycles. The van der Waals surface area contributed by atoms with Gasteiger partial charge in [0.1, 0.15) is 0 Å². The summed E-state index contributed by atoms with van der Waals surface area (Å²) in [5.41, 5.74) is 1.29. The number of carbonyl (C=O) groups is 2. The first-order chi connectivity index (χ1) is 12.2. The summed E-state index contributed by atoms with van der Waals surface area (Å²) in [6, 6.07) is 8.32. The lowest BCUT2D eigenvalue weighted by atomic mass is 9.94. The second kappa shape index (κ2) is 7.40. The van der Waals surface area contributed by atoms with Crippen LogP contribution in [0.15, 0.2) is 29.2 Å². The Labute approximate surface area is 153 Å². The summed E-state index contributed by atoms with van der Waals surface area (Å²) in [6.07, 6.45) is 6.02. The maximum Gasteiger partial charge on any atom is 0.236 e. The number of hydrogen-bond acceptors (Lipinski definition) is 3. The molecular weight excluding hydrogens is 332 g/mol. The summed E-state index contributed by atoms with van der Waals surface area (Å²) in [4.78, 5) is 30.8. The molecule has 4 nitrogen and oxygen atoms in total. The van der Waals surface area contributed by atoms with E-state index in [1.54, 1.807) is 11.8 Å². The molecule has 1 aromatic carbocycles. The van der Waals surface area contributed by atoms with E-state index in [0.29, 0.717) is 5.91 Å². The molecule has 0 aliphatic carbocycles. The van der Waals surface area contributed by atoms with Crippen LogP contribution in [0.2, 0.25) is 0 Å². The Hall–Kier alpha value is -1.49. The lowest BCUT2D eigenvalue weighted by Gasteiger charge is -2.36. The fraction of sp³-hybridized carbons (Fsp3) is 0.600. The molecule has 3 aliphatic rings. The highest BCUT2D eigenvalue weighted by Crippen LogP contribution is 2.38. The monoisotopic (exact) mass is 358 g/mol. The van der Waals surface area contributed by atoms with Gasteiger partial charge in [-0.1, -0.05) is 18.2 Å². The van der Waals surface area contributed by atoms with Crippen molar-refractivity contribution in [2.45, 2.75) is 48.7 Å². The second-order valence-electron chi connectivity index (χ2n) is 7.40. The molecule has 0 bridgehead atoms. The zero-order valence-corrected chi connectivity index (χ0v) is 15.5. The number of fused-ring (bicyclic) bond motifs is 1. The molecule has 25 heavy (non-hydrogen) atoms. The molecule has 5 heteroatoms. The first kappa shape index (κ1) is 17.0. The number of likely N-dealkylation sites (tertiary alicyclic amines) is 2. The van der Waals surface area contributed by atoms with Crippen LogP contribution in [0.4, 0.5) is 0 Å². The Morgan fingerprint density at radius 3 is 2.28 bits per heavy atom. The molecule has 0 aromatic heterocycles. The minimum atomic E-state index is 0.0201. The van der Waals surface area contributed by atoms with Crippen molar-refractivity contribution in [2.24, 2.45) is 5.92 Å². The summed E-state index contributed by atoms with van der Waals surface area (Å²) in [7, 11) is 0. The highest BCUT2D eigenvalue weighted by Gasteiger charge is 2.35. The van der Waals surface area contributed by atoms with Crippen molar-refractivity contribution in [3.05, 3.63) is 29.8 Å². The number of benzene rings is 1. The number of rotatable bonds is 2. The zero-order chi connectivity index (χ0) is 17.2. The average Bonchev–Trinajstić information content (AvgIpc) is 3.12. The van der Waals surface area contributed by atoms with Gasteiger partial charge in [0.25, 0.3) is 0 Å². The number of piperidine rings is 2. The molecule has 0 spiro atoms. The Morgan fingerprint density at radius 2 is 1.56 bits per heavy atom. The molecule has 2 amide bonds. The maximum atomic E-state index is 12.9. The molecule has 2 saturated heterocycles. The van der Waals surface area contributed by atoms with Crippen LogP contribution < -0.4 is 0 Å². The van der Waals surface area contributed by atoms with Gasteiger partial charge in [0.15, 0.2) is 0 Å². The van der Waals surface area contributed by atoms with Gasteiger partial charge in [0, 0.05) is 37.0 Å². The van der Waals surface area contributed by atoms with Gasteiger partial charge < -0.3 is 9.80 Å². The van der Waals surface area contributed by atoms with E-state index in [0.717, 1.165) is 58.3 Å². The topological polar surface area (TPSA) is 40.6 Å². The standard InChI is InChI=1S/C20H26N2O2S/c23-19(21-10-4-1-5-11-21)15-8-12-22(13-9-15)20(24)18-14-16-6-2-3-7-17(16)25-18/h2-3,6-7,15,18H,1,4-5,8-14H2. The minimum absolute atomic E-state index is 0.0201. The van der Waals surface area contributed by atoms with E-state index in [2.05, 4.69) is 17.0 Å². The fourth-order valence-corrected chi connectivity index (χ4v) is 5.52. The Balaban J connectivity index is 1.30. The van der Waals surface area contributed by atoms with Crippen LogP contribution in [0.3, 0.4) is 0 Å². The van der Waals surface area contributed by atoms with Gasteiger partial charge in [-0.05, 0) is 50.2 Å². The van der Waals surface area contributed by atoms with Crippen molar-refractivity contribution in [2.75, 3.05) is 26.2 Å². The van der Waals surface area contributed by atoms with E-state index < -0.39 is 0 Å². The van der Waals surface area contributed by atoms with Crippen LogP contribution in [0, 0.1) is 5.92 Å². The van der Waals surface area contributed by atoms with Crippen molar-refractivity contribution in [1.29, 1.82) is 0 Å². The maximum absolute atomic E-state index is 12.9. The molecular formula is C20H26N2O2S. The van der Waals surface area contributed by atoms with Gasteiger partial charge in [-0.3, -0.25) is 9.59 Å². The predicted octanol–water partition coefficient (Wildman–Crippen LogP) is 2.95. The van der Waals surface area contributed by atoms with Crippen molar-refractivity contribution in [1.82, 2.24) is 9.80 Å². The molecule has 1 atom stereocenters. The minimum Gasteiger partial charge on any atom is -0.342 e. The van der Waals surface area contributed by atoms with Gasteiger partial charge in [-0.15, -0.1) is 11.8 Å². The van der Waals surface area contributed by atoms with Crippen LogP contribution >= 0.6 is 11.8 Å². The Kier molecular flexibility index (Phi) is 5.02. The van der Waals surface area contributed by atoms with Gasteiger partial charge >= 0.3 is 0 Å². The Morgan fingerprint density at radius 1 is 0.880 bits per heavy atom. The third-order valence-electron chi connectivity index (χ3n) is 5.75. The lowest BCUT2D eigenvalue weighted by molar-refractivity contribution is -0.141. The predicted molar refractivity (Wildman–Crippen MR) is 99.5 cm³/mol. The van der Waals surface area contributed by atoms with Gasteiger partial charge in [0.2, 0.25) is 11.8 Å². The van der Waals surface area contributed by atoms with E-state index in [9.17, 15) is 9.59 Å². The molecule has 1 unspecified atom stereocenters. The quantitative estimate of drug-likeness (QED) is 0.816.